The van der Waals surface area contributed by atoms with Crippen LogP contribution < -0.4 is 39.3 Å². The molecule has 3 aliphatic rings. The second-order valence-electron chi connectivity index (χ2n) is 19.4. The van der Waals surface area contributed by atoms with Gasteiger partial charge in [-0.2, -0.15) is 40.5 Å². The molecule has 0 fully saturated rings. The molecule has 0 unspecified atom stereocenters. The van der Waals surface area contributed by atoms with Gasteiger partial charge < -0.3 is 28.4 Å². The molecule has 352 valence electrons. The predicted molar refractivity (Wildman–Crippen MR) is 265 cm³/mol. The van der Waals surface area contributed by atoms with Crippen LogP contribution in [0.25, 0.3) is 16.9 Å². The fraction of sp³-hybridized carbons (Fsp3) is 0.241. The van der Waals surface area contributed by atoms with Crippen molar-refractivity contribution in [2.24, 2.45) is 7.05 Å². The van der Waals surface area contributed by atoms with E-state index < -0.39 is 0 Å². The van der Waals surface area contributed by atoms with Crippen molar-refractivity contribution in [2.45, 2.75) is 64.7 Å². The van der Waals surface area contributed by atoms with Crippen molar-refractivity contribution in [1.82, 2.24) is 24.8 Å². The van der Waals surface area contributed by atoms with Crippen LogP contribution in [0.4, 0.5) is 11.4 Å². The molecule has 0 radical (unpaired) electrons. The molecule has 0 saturated heterocycles. The molecule has 2 aromatic heterocycles. The van der Waals surface area contributed by atoms with Crippen LogP contribution in [0, 0.1) is 24.3 Å². The largest absolute Gasteiger partial charge is 2.00 e. The van der Waals surface area contributed by atoms with E-state index in [2.05, 4.69) is 128 Å². The Morgan fingerprint density at radius 1 is 0.609 bits per heavy atom. The minimum absolute atomic E-state index is 0. The standard InChI is InChI=1S/C28H26BN3O2.C26H25BN4O2.2Pt/c1-27(2)22-14-13-21(18-24(22)32-26(15-16-30-32)28(27,3)4)33-20-10-8-9-19(17-20)29-31(5)23-11-6-7-12-25(23)34-29;1-26(2,3)19-13-18(23-17-30(4)29-28-23)14-22(15-19)32-21-10-8-9-20(16-21)27-31(5)24-11-6-7-12-25(24)33-27;;/h6-16H,1-5H3;6-13,15,17H,1-5H3;;/q2*-2;2*+2. The van der Waals surface area contributed by atoms with Crippen molar-refractivity contribution in [3.63, 3.8) is 0 Å². The van der Waals surface area contributed by atoms with Crippen LogP contribution in [0.3, 0.4) is 0 Å². The third kappa shape index (κ3) is 9.28. The first-order chi connectivity index (χ1) is 32.0. The average molecular weight is 1270 g/mol. The van der Waals surface area contributed by atoms with Crippen molar-refractivity contribution in [1.29, 1.82) is 0 Å². The maximum Gasteiger partial charge on any atom is 2.00 e. The molecule has 5 heterocycles. The molecule has 0 amide bonds. The number of aryl methyl sites for hydroxylation is 1. The van der Waals surface area contributed by atoms with Gasteiger partial charge in [0.25, 0.3) is 0 Å². The third-order valence-electron chi connectivity index (χ3n) is 13.4. The summed E-state index contributed by atoms with van der Waals surface area (Å²) in [6.07, 6.45) is 3.73. The number of anilines is 2. The zero-order valence-electron chi connectivity index (χ0n) is 40.2. The number of para-hydroxylation sites is 4. The molecule has 0 bridgehead atoms. The van der Waals surface area contributed by atoms with Crippen LogP contribution >= 0.6 is 0 Å². The fourth-order valence-corrected chi connectivity index (χ4v) is 8.91. The summed E-state index contributed by atoms with van der Waals surface area (Å²) >= 11 is 0. The molecule has 0 N–H and O–H groups in total. The maximum atomic E-state index is 6.26. The molecule has 8 aromatic rings. The van der Waals surface area contributed by atoms with E-state index in [1.54, 1.807) is 4.68 Å². The molecule has 0 saturated carbocycles. The molecule has 11 rings (SSSR count). The van der Waals surface area contributed by atoms with Crippen LogP contribution in [-0.4, -0.2) is 53.0 Å². The first-order valence-corrected chi connectivity index (χ1v) is 22.5. The second-order valence-corrected chi connectivity index (χ2v) is 19.4. The molecule has 0 spiro atoms. The number of aromatic nitrogens is 5. The van der Waals surface area contributed by atoms with Gasteiger partial charge in [0, 0.05) is 59.2 Å². The summed E-state index contributed by atoms with van der Waals surface area (Å²) in [4.78, 5) is 4.21. The van der Waals surface area contributed by atoms with Crippen LogP contribution in [0.5, 0.6) is 34.5 Å². The van der Waals surface area contributed by atoms with Gasteiger partial charge >= 0.3 is 56.2 Å². The van der Waals surface area contributed by atoms with Crippen molar-refractivity contribution in [3.05, 3.63) is 169 Å². The quantitative estimate of drug-likeness (QED) is 0.114. The normalized spacial score (nSPS) is 14.6. The number of fused-ring (bicyclic) bond motifs is 5. The first kappa shape index (κ1) is 49.4. The Balaban J connectivity index is 0.000000181. The van der Waals surface area contributed by atoms with Gasteiger partial charge in [-0.25, -0.2) is 0 Å². The molecule has 11 nitrogen and oxygen atoms in total. The molecular weight excluding hydrogens is 1220 g/mol. The van der Waals surface area contributed by atoms with E-state index >= 15 is 0 Å². The SMILES string of the molecule is CN1B(c2[c-]c(Oc3[c-]c(-c4cn(C)nn4)cc(C(C)(C)C)c3)ccc2)Oc2ccccc21.CN1B(c2[c-]c(Oc3[c-]c4c(cc3)C(C)(C)C(C)(C)c3ccnn3-4)ccc2)Oc2ccccc21.[Pt+2].[Pt+2]. The van der Waals surface area contributed by atoms with Crippen molar-refractivity contribution >= 4 is 36.4 Å². The van der Waals surface area contributed by atoms with Crippen LogP contribution in [0.15, 0.2) is 128 Å². The molecule has 0 aliphatic carbocycles. The van der Waals surface area contributed by atoms with Crippen LogP contribution in [0.2, 0.25) is 0 Å². The van der Waals surface area contributed by atoms with Crippen molar-refractivity contribution in [3.8, 4) is 51.4 Å². The van der Waals surface area contributed by atoms with Gasteiger partial charge in [-0.05, 0) is 60.9 Å². The Kier molecular flexibility index (Phi) is 13.6. The number of ether oxygens (including phenoxy) is 2. The smallest absolute Gasteiger partial charge is 0.537 e. The Morgan fingerprint density at radius 2 is 1.17 bits per heavy atom. The molecule has 0 atom stereocenters. The van der Waals surface area contributed by atoms with E-state index in [1.807, 2.05) is 123 Å². The van der Waals surface area contributed by atoms with E-state index in [9.17, 15) is 0 Å². The Bertz CT molecular complexity index is 3150. The zero-order valence-corrected chi connectivity index (χ0v) is 44.7. The van der Waals surface area contributed by atoms with E-state index in [0.29, 0.717) is 23.0 Å². The third-order valence-corrected chi connectivity index (χ3v) is 13.4. The fourth-order valence-electron chi connectivity index (χ4n) is 8.91. The van der Waals surface area contributed by atoms with Gasteiger partial charge in [-0.3, -0.25) is 9.36 Å². The van der Waals surface area contributed by atoms with Gasteiger partial charge in [-0.1, -0.05) is 90.1 Å². The average Bonchev–Trinajstić information content (AvgIpc) is 4.12. The molecule has 6 aromatic carbocycles. The Labute approximate surface area is 434 Å². The molecule has 3 aliphatic heterocycles. The van der Waals surface area contributed by atoms with E-state index in [4.69, 9.17) is 18.8 Å². The van der Waals surface area contributed by atoms with Gasteiger partial charge in [0.2, 0.25) is 0 Å². The molecular formula is C54H51B2N7O4Pt2. The summed E-state index contributed by atoms with van der Waals surface area (Å²) in [6.45, 7) is 15.6. The van der Waals surface area contributed by atoms with Crippen molar-refractivity contribution < 1.29 is 60.9 Å². The molecule has 15 heteroatoms. The van der Waals surface area contributed by atoms with Gasteiger partial charge in [0.05, 0.1) is 11.4 Å². The predicted octanol–water partition coefficient (Wildman–Crippen LogP) is 9.45. The summed E-state index contributed by atoms with van der Waals surface area (Å²) in [5.41, 5.74) is 9.75. The number of rotatable bonds is 7. The second kappa shape index (κ2) is 19.1. The van der Waals surface area contributed by atoms with Gasteiger partial charge in [-0.15, -0.1) is 70.1 Å². The summed E-state index contributed by atoms with van der Waals surface area (Å²) in [5, 5.41) is 12.9. The van der Waals surface area contributed by atoms with Crippen LogP contribution in [-0.2, 0) is 65.4 Å². The number of hydrogen-bond acceptors (Lipinski definition) is 9. The minimum atomic E-state index is -0.258. The molecule has 69 heavy (non-hydrogen) atoms. The Morgan fingerprint density at radius 3 is 1.72 bits per heavy atom. The van der Waals surface area contributed by atoms with E-state index in [0.717, 1.165) is 56.3 Å². The van der Waals surface area contributed by atoms with E-state index in [-0.39, 0.29) is 72.5 Å². The monoisotopic (exact) mass is 1270 g/mol. The number of nitrogens with zero attached hydrogens (tertiary/aromatic N) is 7. The summed E-state index contributed by atoms with van der Waals surface area (Å²) in [6, 6.07) is 51.7. The van der Waals surface area contributed by atoms with Gasteiger partial charge in [0.1, 0.15) is 11.5 Å². The maximum absolute atomic E-state index is 6.26. The van der Waals surface area contributed by atoms with Crippen LogP contribution in [0.1, 0.15) is 65.3 Å². The van der Waals surface area contributed by atoms with E-state index in [1.165, 1.54) is 11.3 Å². The number of benzene rings is 6. The van der Waals surface area contributed by atoms with Gasteiger partial charge in [0.15, 0.2) is 0 Å². The Hall–Kier alpha value is -6.02. The topological polar surface area (TPSA) is 91.9 Å². The zero-order chi connectivity index (χ0) is 46.8. The van der Waals surface area contributed by atoms with Crippen molar-refractivity contribution in [2.75, 3.05) is 23.7 Å². The minimum Gasteiger partial charge on any atom is -0.537 e. The summed E-state index contributed by atoms with van der Waals surface area (Å²) in [5.74, 6) is 4.21. The summed E-state index contributed by atoms with van der Waals surface area (Å²) < 4.78 is 28.5. The summed E-state index contributed by atoms with van der Waals surface area (Å²) in [7, 11) is 5.39. The number of hydrogen-bond donors (Lipinski definition) is 0. The first-order valence-electron chi connectivity index (χ1n) is 22.5.